The van der Waals surface area contributed by atoms with Gasteiger partial charge in [-0.05, 0) is 51.6 Å². The Kier molecular flexibility index (Phi) is 5.02. The van der Waals surface area contributed by atoms with E-state index in [9.17, 15) is 14.7 Å². The topological polar surface area (TPSA) is 69.6 Å². The minimum atomic E-state index is -0.848. The Bertz CT molecular complexity index is 359. The minimum Gasteiger partial charge on any atom is -0.480 e. The summed E-state index contributed by atoms with van der Waals surface area (Å²) in [6.07, 6.45) is 5.94. The zero-order valence-electron chi connectivity index (χ0n) is 12.4. The Morgan fingerprint density at radius 1 is 1.30 bits per heavy atom. The first-order chi connectivity index (χ1) is 9.60. The molecule has 0 aromatic heterocycles. The lowest BCUT2D eigenvalue weighted by Gasteiger charge is -2.43. The summed E-state index contributed by atoms with van der Waals surface area (Å²) in [5.41, 5.74) is -0.328. The predicted octanol–water partition coefficient (Wildman–Crippen LogP) is 1.62. The molecule has 0 radical (unpaired) electrons. The number of likely N-dealkylation sites (tertiary alicyclic amines) is 1. The van der Waals surface area contributed by atoms with E-state index in [4.69, 9.17) is 0 Å². The molecule has 0 saturated carbocycles. The van der Waals surface area contributed by atoms with Gasteiger partial charge < -0.3 is 15.3 Å². The molecule has 2 saturated heterocycles. The highest BCUT2D eigenvalue weighted by Gasteiger charge is 2.44. The molecular weight excluding hydrogens is 256 g/mol. The molecule has 0 aliphatic carbocycles. The number of nitrogens with zero attached hydrogens (tertiary/aromatic N) is 1. The molecule has 2 N–H and O–H groups in total. The molecule has 1 atom stereocenters. The third-order valence-electron chi connectivity index (χ3n) is 4.79. The molecule has 5 heteroatoms. The number of aliphatic carboxylic acids is 1. The van der Waals surface area contributed by atoms with Gasteiger partial charge >= 0.3 is 5.97 Å². The van der Waals surface area contributed by atoms with Gasteiger partial charge in [0.15, 0.2) is 0 Å². The van der Waals surface area contributed by atoms with Crippen molar-refractivity contribution < 1.29 is 14.7 Å². The molecule has 5 nitrogen and oxygen atoms in total. The maximum Gasteiger partial charge on any atom is 0.326 e. The standard InChI is InChI=1S/C15H26N2O3/c1-2-6-15(7-9-16-10-8-15)14(20)17-11-4-3-5-12(17)13(18)19/h12,16H,2-11H2,1H3,(H,18,19). The van der Waals surface area contributed by atoms with Crippen molar-refractivity contribution in [2.75, 3.05) is 19.6 Å². The summed E-state index contributed by atoms with van der Waals surface area (Å²) in [5.74, 6) is -0.758. The van der Waals surface area contributed by atoms with E-state index in [0.29, 0.717) is 13.0 Å². The van der Waals surface area contributed by atoms with Gasteiger partial charge in [0.2, 0.25) is 5.91 Å². The van der Waals surface area contributed by atoms with Gasteiger partial charge in [-0.15, -0.1) is 0 Å². The van der Waals surface area contributed by atoms with Gasteiger partial charge in [0, 0.05) is 6.54 Å². The summed E-state index contributed by atoms with van der Waals surface area (Å²) in [6.45, 7) is 4.42. The van der Waals surface area contributed by atoms with Crippen molar-refractivity contribution >= 4 is 11.9 Å². The Morgan fingerprint density at radius 3 is 2.60 bits per heavy atom. The SMILES string of the molecule is CCCC1(C(=O)N2CCCCC2C(=O)O)CCNCC1. The van der Waals surface area contributed by atoms with Crippen LogP contribution in [0.25, 0.3) is 0 Å². The molecule has 0 aromatic rings. The zero-order valence-corrected chi connectivity index (χ0v) is 12.4. The molecule has 0 aromatic carbocycles. The van der Waals surface area contributed by atoms with Gasteiger partial charge in [0.1, 0.15) is 6.04 Å². The molecule has 2 fully saturated rings. The molecule has 2 aliphatic rings. The molecule has 0 spiro atoms. The number of carboxylic acids is 1. The van der Waals surface area contributed by atoms with Crippen LogP contribution in [-0.4, -0.2) is 47.6 Å². The van der Waals surface area contributed by atoms with Crippen LogP contribution in [0.5, 0.6) is 0 Å². The first-order valence-corrected chi connectivity index (χ1v) is 7.85. The maximum atomic E-state index is 13.0. The van der Waals surface area contributed by atoms with Gasteiger partial charge in [-0.1, -0.05) is 13.3 Å². The van der Waals surface area contributed by atoms with Crippen LogP contribution in [-0.2, 0) is 9.59 Å². The minimum absolute atomic E-state index is 0.0907. The van der Waals surface area contributed by atoms with Crippen molar-refractivity contribution in [2.24, 2.45) is 5.41 Å². The Labute approximate surface area is 120 Å². The van der Waals surface area contributed by atoms with Gasteiger partial charge in [-0.3, -0.25) is 4.79 Å². The van der Waals surface area contributed by atoms with Crippen molar-refractivity contribution in [3.63, 3.8) is 0 Å². The van der Waals surface area contributed by atoms with E-state index in [0.717, 1.165) is 51.6 Å². The molecule has 2 rings (SSSR count). The fourth-order valence-electron chi connectivity index (χ4n) is 3.69. The second-order valence-electron chi connectivity index (χ2n) is 6.13. The van der Waals surface area contributed by atoms with E-state index in [1.54, 1.807) is 4.90 Å². The van der Waals surface area contributed by atoms with E-state index >= 15 is 0 Å². The second kappa shape index (κ2) is 6.57. The van der Waals surface area contributed by atoms with Crippen LogP contribution in [0.1, 0.15) is 51.9 Å². The maximum absolute atomic E-state index is 13.0. The number of amides is 1. The lowest BCUT2D eigenvalue weighted by Crippen LogP contribution is -2.55. The molecular formula is C15H26N2O3. The normalized spacial score (nSPS) is 26.2. The lowest BCUT2D eigenvalue weighted by molar-refractivity contribution is -0.158. The Hall–Kier alpha value is -1.10. The van der Waals surface area contributed by atoms with E-state index in [1.165, 1.54) is 0 Å². The van der Waals surface area contributed by atoms with Crippen LogP contribution in [0.4, 0.5) is 0 Å². The molecule has 114 valence electrons. The smallest absolute Gasteiger partial charge is 0.326 e. The van der Waals surface area contributed by atoms with Crippen molar-refractivity contribution in [3.05, 3.63) is 0 Å². The zero-order chi connectivity index (χ0) is 14.6. The lowest BCUT2D eigenvalue weighted by atomic mass is 9.73. The quantitative estimate of drug-likeness (QED) is 0.822. The number of nitrogens with one attached hydrogen (secondary N) is 1. The largest absolute Gasteiger partial charge is 0.480 e. The molecule has 1 amide bonds. The van der Waals surface area contributed by atoms with Crippen LogP contribution in [0.3, 0.4) is 0 Å². The number of carbonyl (C=O) groups excluding carboxylic acids is 1. The van der Waals surface area contributed by atoms with Crippen LogP contribution in [0.15, 0.2) is 0 Å². The van der Waals surface area contributed by atoms with Crippen molar-refractivity contribution in [1.29, 1.82) is 0 Å². The summed E-state index contributed by atoms with van der Waals surface area (Å²) in [4.78, 5) is 26.1. The molecule has 20 heavy (non-hydrogen) atoms. The van der Waals surface area contributed by atoms with Crippen molar-refractivity contribution in [2.45, 2.75) is 57.9 Å². The summed E-state index contributed by atoms with van der Waals surface area (Å²) in [7, 11) is 0. The number of rotatable bonds is 4. The first kappa shape index (κ1) is 15.3. The monoisotopic (exact) mass is 282 g/mol. The highest BCUT2D eigenvalue weighted by molar-refractivity contribution is 5.88. The summed E-state index contributed by atoms with van der Waals surface area (Å²) in [5, 5.41) is 12.7. The van der Waals surface area contributed by atoms with Crippen LogP contribution in [0.2, 0.25) is 0 Å². The number of hydrogen-bond acceptors (Lipinski definition) is 3. The van der Waals surface area contributed by atoms with Gasteiger partial charge in [0.05, 0.1) is 5.41 Å². The molecule has 2 aliphatic heterocycles. The van der Waals surface area contributed by atoms with E-state index in [2.05, 4.69) is 12.2 Å². The van der Waals surface area contributed by atoms with Gasteiger partial charge in [0.25, 0.3) is 0 Å². The molecule has 1 unspecified atom stereocenters. The van der Waals surface area contributed by atoms with E-state index in [-0.39, 0.29) is 11.3 Å². The second-order valence-corrected chi connectivity index (χ2v) is 6.13. The van der Waals surface area contributed by atoms with Gasteiger partial charge in [-0.2, -0.15) is 0 Å². The molecule has 2 heterocycles. The number of piperidine rings is 2. The average molecular weight is 282 g/mol. The van der Waals surface area contributed by atoms with Crippen molar-refractivity contribution in [1.82, 2.24) is 10.2 Å². The number of carbonyl (C=O) groups is 2. The highest BCUT2D eigenvalue weighted by Crippen LogP contribution is 2.37. The van der Waals surface area contributed by atoms with E-state index in [1.807, 2.05) is 0 Å². The van der Waals surface area contributed by atoms with E-state index < -0.39 is 12.0 Å². The predicted molar refractivity (Wildman–Crippen MR) is 76.4 cm³/mol. The molecule has 0 bridgehead atoms. The Morgan fingerprint density at radius 2 is 2.00 bits per heavy atom. The van der Waals surface area contributed by atoms with Crippen LogP contribution >= 0.6 is 0 Å². The average Bonchev–Trinajstić information content (AvgIpc) is 2.47. The summed E-state index contributed by atoms with van der Waals surface area (Å²) in [6, 6.07) is -0.611. The van der Waals surface area contributed by atoms with Crippen LogP contribution in [0, 0.1) is 5.41 Å². The first-order valence-electron chi connectivity index (χ1n) is 7.85. The fraction of sp³-hybridized carbons (Fsp3) is 0.867. The third-order valence-corrected chi connectivity index (χ3v) is 4.79. The number of hydrogen-bond donors (Lipinski definition) is 2. The summed E-state index contributed by atoms with van der Waals surface area (Å²) < 4.78 is 0. The number of carboxylic acid groups (broad SMARTS) is 1. The third kappa shape index (κ3) is 2.97. The van der Waals surface area contributed by atoms with Crippen LogP contribution < -0.4 is 5.32 Å². The summed E-state index contributed by atoms with van der Waals surface area (Å²) >= 11 is 0. The fourth-order valence-corrected chi connectivity index (χ4v) is 3.69. The Balaban J connectivity index is 2.18. The van der Waals surface area contributed by atoms with Gasteiger partial charge in [-0.25, -0.2) is 4.79 Å². The highest BCUT2D eigenvalue weighted by atomic mass is 16.4. The van der Waals surface area contributed by atoms with Crippen molar-refractivity contribution in [3.8, 4) is 0 Å².